The van der Waals surface area contributed by atoms with Crippen molar-refractivity contribution in [1.29, 1.82) is 0 Å². The zero-order valence-electron chi connectivity index (χ0n) is 8.30. The number of Topliss-reactive ketones (excluding diaryl/α,β-unsaturated/α-hetero) is 1. The SMILES string of the molecule is CC(=CCCC1(C)CC1)C(=O)C=O. The van der Waals surface area contributed by atoms with Crippen LogP contribution in [0.25, 0.3) is 0 Å². The number of allylic oxidation sites excluding steroid dienone is 2. The molecule has 0 spiro atoms. The minimum Gasteiger partial charge on any atom is -0.294 e. The van der Waals surface area contributed by atoms with Crippen LogP contribution in [0.2, 0.25) is 0 Å². The van der Waals surface area contributed by atoms with E-state index >= 15 is 0 Å². The Bertz CT molecular complexity index is 247. The molecule has 0 N–H and O–H groups in total. The highest BCUT2D eigenvalue weighted by molar-refractivity contribution is 6.32. The highest BCUT2D eigenvalue weighted by Crippen LogP contribution is 2.48. The summed E-state index contributed by atoms with van der Waals surface area (Å²) in [6.07, 6.45) is 6.92. The molecule has 1 fully saturated rings. The van der Waals surface area contributed by atoms with Crippen molar-refractivity contribution in [2.24, 2.45) is 5.41 Å². The Kier molecular flexibility index (Phi) is 3.02. The molecule has 0 aromatic carbocycles. The van der Waals surface area contributed by atoms with E-state index in [1.807, 2.05) is 6.08 Å². The summed E-state index contributed by atoms with van der Waals surface area (Å²) >= 11 is 0. The molecule has 1 aliphatic carbocycles. The summed E-state index contributed by atoms with van der Waals surface area (Å²) in [6, 6.07) is 0. The third kappa shape index (κ3) is 3.13. The molecular formula is C11H16O2. The van der Waals surface area contributed by atoms with Crippen LogP contribution in [0.5, 0.6) is 0 Å². The Hall–Kier alpha value is -0.920. The minimum absolute atomic E-state index is 0.380. The second-order valence-electron chi connectivity index (χ2n) is 4.22. The molecule has 0 aromatic rings. The summed E-state index contributed by atoms with van der Waals surface area (Å²) in [7, 11) is 0. The van der Waals surface area contributed by atoms with Crippen LogP contribution in [-0.2, 0) is 9.59 Å². The van der Waals surface area contributed by atoms with Crippen molar-refractivity contribution in [2.45, 2.75) is 39.5 Å². The number of ketones is 1. The van der Waals surface area contributed by atoms with E-state index in [0.29, 0.717) is 17.3 Å². The zero-order valence-corrected chi connectivity index (χ0v) is 8.30. The maximum Gasteiger partial charge on any atom is 0.220 e. The largest absolute Gasteiger partial charge is 0.294 e. The molecule has 0 aliphatic heterocycles. The molecule has 2 heteroatoms. The maximum absolute atomic E-state index is 10.8. The molecule has 1 rings (SSSR count). The average molecular weight is 180 g/mol. The third-order valence-corrected chi connectivity index (χ3v) is 2.80. The van der Waals surface area contributed by atoms with Gasteiger partial charge in [0, 0.05) is 0 Å². The highest BCUT2D eigenvalue weighted by atomic mass is 16.2. The van der Waals surface area contributed by atoms with E-state index < -0.39 is 0 Å². The van der Waals surface area contributed by atoms with Crippen molar-refractivity contribution in [3.8, 4) is 0 Å². The number of carbonyl (C=O) groups excluding carboxylic acids is 2. The summed E-state index contributed by atoms with van der Waals surface area (Å²) < 4.78 is 0. The molecule has 0 amide bonds. The van der Waals surface area contributed by atoms with Crippen LogP contribution in [0.4, 0.5) is 0 Å². The Morgan fingerprint density at radius 1 is 1.46 bits per heavy atom. The van der Waals surface area contributed by atoms with Crippen LogP contribution in [0.1, 0.15) is 39.5 Å². The summed E-state index contributed by atoms with van der Waals surface area (Å²) in [5, 5.41) is 0. The van der Waals surface area contributed by atoms with Crippen LogP contribution in [0.3, 0.4) is 0 Å². The van der Waals surface area contributed by atoms with Crippen molar-refractivity contribution < 1.29 is 9.59 Å². The lowest BCUT2D eigenvalue weighted by Gasteiger charge is -2.04. The quantitative estimate of drug-likeness (QED) is 0.369. The molecule has 0 unspecified atom stereocenters. The molecule has 13 heavy (non-hydrogen) atoms. The molecule has 1 aliphatic rings. The molecule has 72 valence electrons. The molecule has 1 saturated carbocycles. The number of rotatable bonds is 5. The van der Waals surface area contributed by atoms with Crippen LogP contribution in [0.15, 0.2) is 11.6 Å². The van der Waals surface area contributed by atoms with Gasteiger partial charge in [-0.3, -0.25) is 9.59 Å². The van der Waals surface area contributed by atoms with Gasteiger partial charge in [-0.15, -0.1) is 0 Å². The van der Waals surface area contributed by atoms with E-state index in [-0.39, 0.29) is 5.78 Å². The first-order chi connectivity index (χ1) is 6.07. The second kappa shape index (κ2) is 3.86. The fourth-order valence-electron chi connectivity index (χ4n) is 1.29. The summed E-state index contributed by atoms with van der Waals surface area (Å²) in [5.74, 6) is -0.388. The highest BCUT2D eigenvalue weighted by Gasteiger charge is 2.35. The molecule has 0 bridgehead atoms. The average Bonchev–Trinajstić information content (AvgIpc) is 2.82. The van der Waals surface area contributed by atoms with Crippen LogP contribution < -0.4 is 0 Å². The van der Waals surface area contributed by atoms with Crippen LogP contribution in [0, 0.1) is 5.41 Å². The van der Waals surface area contributed by atoms with Gasteiger partial charge in [-0.1, -0.05) is 13.0 Å². The standard InChI is InChI=1S/C11H16O2/c1-9(10(13)8-12)4-3-5-11(2)6-7-11/h4,8H,3,5-7H2,1-2H3. The second-order valence-corrected chi connectivity index (χ2v) is 4.22. The lowest BCUT2D eigenvalue weighted by atomic mass is 10.0. The van der Waals surface area contributed by atoms with Gasteiger partial charge < -0.3 is 0 Å². The van der Waals surface area contributed by atoms with Crippen molar-refractivity contribution in [1.82, 2.24) is 0 Å². The predicted octanol–water partition coefficient (Wildman–Crippen LogP) is 2.28. The van der Waals surface area contributed by atoms with Gasteiger partial charge in [0.25, 0.3) is 0 Å². The topological polar surface area (TPSA) is 34.1 Å². The Morgan fingerprint density at radius 3 is 2.54 bits per heavy atom. The van der Waals surface area contributed by atoms with Crippen molar-refractivity contribution in [2.75, 3.05) is 0 Å². The number of aldehydes is 1. The molecule has 0 heterocycles. The predicted molar refractivity (Wildman–Crippen MR) is 51.4 cm³/mol. The third-order valence-electron chi connectivity index (χ3n) is 2.80. The number of carbonyl (C=O) groups is 2. The first-order valence-corrected chi connectivity index (χ1v) is 4.74. The summed E-state index contributed by atoms with van der Waals surface area (Å²) in [5.41, 5.74) is 1.11. The first-order valence-electron chi connectivity index (χ1n) is 4.74. The zero-order chi connectivity index (χ0) is 9.90. The van der Waals surface area contributed by atoms with Gasteiger partial charge in [0.05, 0.1) is 0 Å². The van der Waals surface area contributed by atoms with Gasteiger partial charge in [0.15, 0.2) is 6.29 Å². The Morgan fingerprint density at radius 2 is 2.08 bits per heavy atom. The van der Waals surface area contributed by atoms with Gasteiger partial charge in [0.2, 0.25) is 5.78 Å². The van der Waals surface area contributed by atoms with E-state index in [0.717, 1.165) is 12.8 Å². The minimum atomic E-state index is -0.388. The fourth-order valence-corrected chi connectivity index (χ4v) is 1.29. The normalized spacial score (nSPS) is 19.7. The van der Waals surface area contributed by atoms with Gasteiger partial charge in [-0.2, -0.15) is 0 Å². The first kappa shape index (κ1) is 10.2. The fraction of sp³-hybridized carbons (Fsp3) is 0.636. The van der Waals surface area contributed by atoms with Crippen LogP contribution in [-0.4, -0.2) is 12.1 Å². The van der Waals surface area contributed by atoms with E-state index in [1.165, 1.54) is 12.8 Å². The lowest BCUT2D eigenvalue weighted by molar-refractivity contribution is -0.127. The van der Waals surface area contributed by atoms with Gasteiger partial charge in [0.1, 0.15) is 0 Å². The smallest absolute Gasteiger partial charge is 0.220 e. The van der Waals surface area contributed by atoms with Gasteiger partial charge >= 0.3 is 0 Å². The van der Waals surface area contributed by atoms with Crippen molar-refractivity contribution in [3.05, 3.63) is 11.6 Å². The molecular weight excluding hydrogens is 164 g/mol. The van der Waals surface area contributed by atoms with Gasteiger partial charge in [-0.25, -0.2) is 0 Å². The van der Waals surface area contributed by atoms with Gasteiger partial charge in [-0.05, 0) is 43.6 Å². The van der Waals surface area contributed by atoms with E-state index in [4.69, 9.17) is 0 Å². The van der Waals surface area contributed by atoms with Crippen LogP contribution >= 0.6 is 0 Å². The summed E-state index contributed by atoms with van der Waals surface area (Å²) in [6.45, 7) is 3.96. The van der Waals surface area contributed by atoms with Crippen molar-refractivity contribution in [3.63, 3.8) is 0 Å². The molecule has 2 nitrogen and oxygen atoms in total. The monoisotopic (exact) mass is 180 g/mol. The molecule has 0 atom stereocenters. The lowest BCUT2D eigenvalue weighted by Crippen LogP contribution is -2.00. The van der Waals surface area contributed by atoms with E-state index in [9.17, 15) is 9.59 Å². The van der Waals surface area contributed by atoms with Crippen molar-refractivity contribution >= 4 is 12.1 Å². The maximum atomic E-state index is 10.8. The number of hydrogen-bond acceptors (Lipinski definition) is 2. The Labute approximate surface area is 79.0 Å². The number of hydrogen-bond donors (Lipinski definition) is 0. The molecule has 0 aromatic heterocycles. The molecule has 0 saturated heterocycles. The van der Waals surface area contributed by atoms with E-state index in [1.54, 1.807) is 6.92 Å². The van der Waals surface area contributed by atoms with E-state index in [2.05, 4.69) is 6.92 Å². The summed E-state index contributed by atoms with van der Waals surface area (Å²) in [4.78, 5) is 21.0. The Balaban J connectivity index is 2.30. The molecule has 0 radical (unpaired) electrons.